The third kappa shape index (κ3) is 5.79. The predicted octanol–water partition coefficient (Wildman–Crippen LogP) is 0.894. The molecule has 1 saturated heterocycles. The number of likely N-dealkylation sites (tertiary alicyclic amines) is 1. The zero-order valence-electron chi connectivity index (χ0n) is 21.4. The first-order chi connectivity index (χ1) is 19.0. The molecule has 3 aliphatic heterocycles. The van der Waals surface area contributed by atoms with E-state index in [0.29, 0.717) is 37.8 Å². The van der Waals surface area contributed by atoms with E-state index in [1.165, 1.54) is 41.3 Å². The van der Waals surface area contributed by atoms with Crippen molar-refractivity contribution in [3.05, 3.63) is 65.2 Å². The van der Waals surface area contributed by atoms with Crippen molar-refractivity contribution < 1.29 is 38.1 Å². The molecule has 0 bridgehead atoms. The number of aryl methyl sites for hydroxylation is 1. The average molecular weight is 569 g/mol. The van der Waals surface area contributed by atoms with Crippen LogP contribution in [-0.2, 0) is 36.6 Å². The van der Waals surface area contributed by atoms with E-state index in [-0.39, 0.29) is 24.1 Å². The molecule has 3 heterocycles. The fourth-order valence-corrected chi connectivity index (χ4v) is 5.93. The van der Waals surface area contributed by atoms with Crippen molar-refractivity contribution in [2.24, 2.45) is 11.7 Å². The van der Waals surface area contributed by atoms with Gasteiger partial charge in [0.2, 0.25) is 23.6 Å². The van der Waals surface area contributed by atoms with Crippen molar-refractivity contribution in [3.63, 3.8) is 0 Å². The van der Waals surface area contributed by atoms with Gasteiger partial charge in [-0.25, -0.2) is 4.57 Å². The average Bonchev–Trinajstić information content (AvgIpc) is 3.52. The molecule has 5 N–H and O–H groups in total. The molecule has 2 aromatic carbocycles. The molecule has 5 rings (SSSR count). The van der Waals surface area contributed by atoms with E-state index in [0.717, 1.165) is 16.8 Å². The number of carbonyl (C=O) groups excluding carboxylic acids is 4. The molecule has 1 unspecified atom stereocenters. The smallest absolute Gasteiger partial charge is 0.404 e. The van der Waals surface area contributed by atoms with Gasteiger partial charge in [0, 0.05) is 25.6 Å². The number of para-hydroxylation sites is 1. The number of benzene rings is 2. The number of hydrogen-bond donors (Lipinski definition) is 4. The van der Waals surface area contributed by atoms with Gasteiger partial charge in [-0.3, -0.25) is 33.9 Å². The lowest BCUT2D eigenvalue weighted by Gasteiger charge is -2.30. The first kappa shape index (κ1) is 27.6. The summed E-state index contributed by atoms with van der Waals surface area (Å²) >= 11 is 0. The molecule has 1 fully saturated rings. The Morgan fingerprint density at radius 2 is 1.80 bits per heavy atom. The van der Waals surface area contributed by atoms with Crippen LogP contribution in [0.4, 0.5) is 5.69 Å². The fourth-order valence-electron chi connectivity index (χ4n) is 5.53. The second kappa shape index (κ2) is 10.9. The Labute approximate surface area is 230 Å². The van der Waals surface area contributed by atoms with E-state index in [2.05, 4.69) is 9.84 Å². The maximum atomic E-state index is 13.8. The number of carbonyl (C=O) groups is 4. The lowest BCUT2D eigenvalue weighted by molar-refractivity contribution is -0.134. The Morgan fingerprint density at radius 3 is 2.48 bits per heavy atom. The Balaban J connectivity index is 1.30. The molecule has 3 aliphatic rings. The third-order valence-electron chi connectivity index (χ3n) is 7.44. The number of hydrogen-bond acceptors (Lipinski definition) is 6. The van der Waals surface area contributed by atoms with Crippen LogP contribution in [0.2, 0.25) is 0 Å². The molecule has 0 radical (unpaired) electrons. The summed E-state index contributed by atoms with van der Waals surface area (Å²) in [5.41, 5.74) is 8.57. The largest absolute Gasteiger partial charge is 0.524 e. The second-order valence-electron chi connectivity index (χ2n) is 10.1. The summed E-state index contributed by atoms with van der Waals surface area (Å²) in [6.07, 6.45) is 4.49. The van der Waals surface area contributed by atoms with Gasteiger partial charge in [-0.2, -0.15) is 0 Å². The number of nitrogens with one attached hydrogen (secondary N) is 1. The zero-order valence-corrected chi connectivity index (χ0v) is 22.3. The molecule has 0 aromatic heterocycles. The molecular weight excluding hydrogens is 539 g/mol. The number of nitrogens with two attached hydrogens (primary N) is 1. The van der Waals surface area contributed by atoms with Crippen LogP contribution in [-0.4, -0.2) is 63.5 Å². The van der Waals surface area contributed by atoms with Crippen molar-refractivity contribution in [3.8, 4) is 5.75 Å². The molecule has 0 saturated carbocycles. The van der Waals surface area contributed by atoms with Gasteiger partial charge < -0.3 is 20.5 Å². The minimum atomic E-state index is -4.67. The van der Waals surface area contributed by atoms with Gasteiger partial charge in [-0.05, 0) is 54.2 Å². The van der Waals surface area contributed by atoms with Gasteiger partial charge in [0.1, 0.15) is 17.8 Å². The summed E-state index contributed by atoms with van der Waals surface area (Å²) in [4.78, 5) is 72.7. The normalized spacial score (nSPS) is 22.2. The number of primary amides is 1. The van der Waals surface area contributed by atoms with E-state index in [4.69, 9.17) is 15.5 Å². The highest BCUT2D eigenvalue weighted by Crippen LogP contribution is 2.40. The van der Waals surface area contributed by atoms with Crippen LogP contribution in [0.5, 0.6) is 5.75 Å². The van der Waals surface area contributed by atoms with Gasteiger partial charge in [-0.1, -0.05) is 30.3 Å². The van der Waals surface area contributed by atoms with Crippen LogP contribution < -0.4 is 20.5 Å². The summed E-state index contributed by atoms with van der Waals surface area (Å²) in [5.74, 6) is -1.99. The lowest BCUT2D eigenvalue weighted by atomic mass is 10.0. The molecule has 0 spiro atoms. The van der Waals surface area contributed by atoms with E-state index >= 15 is 0 Å². The Bertz CT molecular complexity index is 1440. The minimum absolute atomic E-state index is 0.0216. The van der Waals surface area contributed by atoms with E-state index in [1.807, 2.05) is 18.2 Å². The summed E-state index contributed by atoms with van der Waals surface area (Å²) in [6, 6.07) is 9.86. The molecule has 2 aromatic rings. The number of phosphoric ester groups is 1. The highest BCUT2D eigenvalue weighted by atomic mass is 31.2. The van der Waals surface area contributed by atoms with Crippen molar-refractivity contribution >= 4 is 43.2 Å². The van der Waals surface area contributed by atoms with E-state index in [1.54, 1.807) is 4.90 Å². The number of rotatable bonds is 7. The quantitative estimate of drug-likeness (QED) is 0.281. The van der Waals surface area contributed by atoms with Crippen LogP contribution in [0.25, 0.3) is 6.08 Å². The Morgan fingerprint density at radius 1 is 1.07 bits per heavy atom. The molecule has 3 atom stereocenters. The minimum Gasteiger partial charge on any atom is -0.404 e. The summed E-state index contributed by atoms with van der Waals surface area (Å²) in [7, 11) is -4.67. The first-order valence-corrected chi connectivity index (χ1v) is 14.4. The molecular formula is C27H29N4O8P. The van der Waals surface area contributed by atoms with Crippen molar-refractivity contribution in [2.45, 2.75) is 37.8 Å². The van der Waals surface area contributed by atoms with Crippen LogP contribution in [0, 0.1) is 5.92 Å². The predicted molar refractivity (Wildman–Crippen MR) is 144 cm³/mol. The standard InChI is InChI=1S/C27H29N4O8P/c28-25(33)19-12-13-30(15-19)27(35)22-14-18-3-1-2-17-7-10-21(26(34)31(22)24(17)18)29-23(32)11-6-16-4-8-20(9-5-16)39-40(36,37)38/h1-6,8-9,11,19,21-22H,7,10,12-15H2,(H2,28,33)(H,29,32)(H2,36,37,38)/b11-6+/t19?,21-,22-/m0/s1. The summed E-state index contributed by atoms with van der Waals surface area (Å²) in [5, 5.41) is 2.76. The molecule has 40 heavy (non-hydrogen) atoms. The first-order valence-electron chi connectivity index (χ1n) is 12.9. The van der Waals surface area contributed by atoms with Crippen LogP contribution in [0.3, 0.4) is 0 Å². The van der Waals surface area contributed by atoms with Crippen molar-refractivity contribution in [2.75, 3.05) is 18.0 Å². The number of nitrogens with zero attached hydrogens (tertiary/aromatic N) is 2. The van der Waals surface area contributed by atoms with Gasteiger partial charge >= 0.3 is 7.82 Å². The van der Waals surface area contributed by atoms with E-state index < -0.39 is 37.6 Å². The summed E-state index contributed by atoms with van der Waals surface area (Å²) in [6.45, 7) is 0.624. The van der Waals surface area contributed by atoms with Gasteiger partial charge in [-0.15, -0.1) is 0 Å². The van der Waals surface area contributed by atoms with Gasteiger partial charge in [0.25, 0.3) is 0 Å². The molecule has 13 heteroatoms. The topological polar surface area (TPSA) is 180 Å². The second-order valence-corrected chi connectivity index (χ2v) is 11.3. The molecule has 0 aliphatic carbocycles. The monoisotopic (exact) mass is 568 g/mol. The molecule has 4 amide bonds. The highest BCUT2D eigenvalue weighted by Gasteiger charge is 2.46. The van der Waals surface area contributed by atoms with E-state index in [9.17, 15) is 23.7 Å². The zero-order chi connectivity index (χ0) is 28.6. The number of anilines is 1. The lowest BCUT2D eigenvalue weighted by Crippen LogP contribution is -2.54. The Kier molecular flexibility index (Phi) is 7.50. The van der Waals surface area contributed by atoms with Crippen molar-refractivity contribution in [1.29, 1.82) is 0 Å². The maximum absolute atomic E-state index is 13.8. The third-order valence-corrected chi connectivity index (χ3v) is 7.89. The SMILES string of the molecule is NC(=O)C1CCN(C(=O)[C@@H]2Cc3cccc4c3N2C(=O)[C@@H](NC(=O)/C=C/c2ccc(OP(=O)(O)O)cc2)CC4)C1. The number of phosphoric acid groups is 1. The maximum Gasteiger partial charge on any atom is 0.524 e. The molecule has 210 valence electrons. The molecule has 12 nitrogen and oxygen atoms in total. The van der Waals surface area contributed by atoms with Crippen LogP contribution in [0.1, 0.15) is 29.5 Å². The summed E-state index contributed by atoms with van der Waals surface area (Å²) < 4.78 is 15.5. The van der Waals surface area contributed by atoms with Crippen LogP contribution in [0.15, 0.2) is 48.5 Å². The Hall–Kier alpha value is -3.99. The van der Waals surface area contributed by atoms with Crippen LogP contribution >= 0.6 is 7.82 Å². The van der Waals surface area contributed by atoms with Gasteiger partial charge in [0.05, 0.1) is 11.6 Å². The number of amides is 4. The fraction of sp³-hybridized carbons (Fsp3) is 0.333. The van der Waals surface area contributed by atoms with Gasteiger partial charge in [0.15, 0.2) is 0 Å². The van der Waals surface area contributed by atoms with Crippen molar-refractivity contribution in [1.82, 2.24) is 10.2 Å². The highest BCUT2D eigenvalue weighted by molar-refractivity contribution is 7.46.